The Morgan fingerprint density at radius 2 is 2.40 bits per heavy atom. The summed E-state index contributed by atoms with van der Waals surface area (Å²) in [4.78, 5) is 2.34. The van der Waals surface area contributed by atoms with Gasteiger partial charge in [-0.1, -0.05) is 0 Å². The third-order valence-corrected chi connectivity index (χ3v) is 2.07. The zero-order chi connectivity index (χ0) is 6.97. The summed E-state index contributed by atoms with van der Waals surface area (Å²) in [5.41, 5.74) is 3.08. The van der Waals surface area contributed by atoms with Crippen LogP contribution >= 0.6 is 0 Å². The SMILES string of the molecule is CN1CC2=C(CNC=C2)C1. The molecule has 0 aromatic carbocycles. The van der Waals surface area contributed by atoms with Crippen LogP contribution in [0.3, 0.4) is 0 Å². The van der Waals surface area contributed by atoms with Crippen molar-refractivity contribution in [2.24, 2.45) is 0 Å². The van der Waals surface area contributed by atoms with Crippen LogP contribution in [-0.4, -0.2) is 31.6 Å². The van der Waals surface area contributed by atoms with Crippen molar-refractivity contribution in [3.63, 3.8) is 0 Å². The summed E-state index contributed by atoms with van der Waals surface area (Å²) in [7, 11) is 2.16. The van der Waals surface area contributed by atoms with E-state index >= 15 is 0 Å². The van der Waals surface area contributed by atoms with Gasteiger partial charge < -0.3 is 5.32 Å². The van der Waals surface area contributed by atoms with Crippen molar-refractivity contribution >= 4 is 0 Å². The van der Waals surface area contributed by atoms with E-state index in [-0.39, 0.29) is 0 Å². The summed E-state index contributed by atoms with van der Waals surface area (Å²) in [6.07, 6.45) is 4.22. The van der Waals surface area contributed by atoms with Crippen molar-refractivity contribution in [1.29, 1.82) is 0 Å². The zero-order valence-electron chi connectivity index (χ0n) is 6.22. The van der Waals surface area contributed by atoms with Gasteiger partial charge in [-0.05, 0) is 30.5 Å². The van der Waals surface area contributed by atoms with E-state index in [2.05, 4.69) is 23.3 Å². The van der Waals surface area contributed by atoms with Gasteiger partial charge in [-0.3, -0.25) is 4.90 Å². The maximum atomic E-state index is 3.21. The summed E-state index contributed by atoms with van der Waals surface area (Å²) in [5.74, 6) is 0. The highest BCUT2D eigenvalue weighted by molar-refractivity contribution is 5.35. The number of likely N-dealkylation sites (N-methyl/N-ethyl adjacent to an activating group) is 1. The lowest BCUT2D eigenvalue weighted by Gasteiger charge is -2.08. The Bertz CT molecular complexity index is 203. The van der Waals surface area contributed by atoms with Gasteiger partial charge in [-0.15, -0.1) is 0 Å². The van der Waals surface area contributed by atoms with Gasteiger partial charge in [0.2, 0.25) is 0 Å². The Hall–Kier alpha value is -0.760. The minimum atomic E-state index is 1.05. The molecule has 0 saturated heterocycles. The predicted molar refractivity (Wildman–Crippen MR) is 41.7 cm³/mol. The normalized spacial score (nSPS) is 24.9. The summed E-state index contributed by atoms with van der Waals surface area (Å²) in [5, 5.41) is 3.21. The summed E-state index contributed by atoms with van der Waals surface area (Å²) >= 11 is 0. The molecule has 0 bridgehead atoms. The lowest BCUT2D eigenvalue weighted by Crippen LogP contribution is -2.17. The van der Waals surface area contributed by atoms with Gasteiger partial charge in [0.15, 0.2) is 0 Å². The van der Waals surface area contributed by atoms with Crippen molar-refractivity contribution < 1.29 is 0 Å². The van der Waals surface area contributed by atoms with E-state index in [1.807, 2.05) is 6.20 Å². The Morgan fingerprint density at radius 1 is 1.50 bits per heavy atom. The van der Waals surface area contributed by atoms with E-state index in [1.54, 1.807) is 5.57 Å². The maximum absolute atomic E-state index is 3.21. The Balaban J connectivity index is 2.21. The second kappa shape index (κ2) is 2.13. The van der Waals surface area contributed by atoms with Crippen molar-refractivity contribution in [3.05, 3.63) is 23.4 Å². The molecule has 2 rings (SSSR count). The lowest BCUT2D eigenvalue weighted by atomic mass is 10.1. The molecule has 54 valence electrons. The first-order chi connectivity index (χ1) is 4.86. The standard InChI is InChI=1S/C8H12N2/c1-10-5-7-2-3-9-4-8(7)6-10/h2-3,9H,4-6H2,1H3. The molecule has 0 atom stereocenters. The first kappa shape index (κ1) is 5.98. The average molecular weight is 136 g/mol. The monoisotopic (exact) mass is 136 g/mol. The van der Waals surface area contributed by atoms with Gasteiger partial charge >= 0.3 is 0 Å². The second-order valence-corrected chi connectivity index (χ2v) is 3.02. The first-order valence-electron chi connectivity index (χ1n) is 3.65. The molecule has 0 fully saturated rings. The van der Waals surface area contributed by atoms with Crippen molar-refractivity contribution in [2.75, 3.05) is 26.7 Å². The van der Waals surface area contributed by atoms with Crippen molar-refractivity contribution in [3.8, 4) is 0 Å². The maximum Gasteiger partial charge on any atom is 0.0373 e. The van der Waals surface area contributed by atoms with Gasteiger partial charge in [0.25, 0.3) is 0 Å². The molecule has 0 saturated carbocycles. The van der Waals surface area contributed by atoms with Gasteiger partial charge in [-0.25, -0.2) is 0 Å². The third-order valence-electron chi connectivity index (χ3n) is 2.07. The molecule has 2 nitrogen and oxygen atoms in total. The minimum Gasteiger partial charge on any atom is -0.387 e. The van der Waals surface area contributed by atoms with Gasteiger partial charge in [0.05, 0.1) is 0 Å². The van der Waals surface area contributed by atoms with E-state index in [1.165, 1.54) is 5.57 Å². The van der Waals surface area contributed by atoms with Crippen LogP contribution in [-0.2, 0) is 0 Å². The van der Waals surface area contributed by atoms with Gasteiger partial charge in [0.1, 0.15) is 0 Å². The van der Waals surface area contributed by atoms with Crippen molar-refractivity contribution in [2.45, 2.75) is 0 Å². The molecular formula is C8H12N2. The molecule has 2 heteroatoms. The van der Waals surface area contributed by atoms with E-state index in [0.29, 0.717) is 0 Å². The summed E-state index contributed by atoms with van der Waals surface area (Å²) < 4.78 is 0. The number of hydrogen-bond acceptors (Lipinski definition) is 2. The number of nitrogens with one attached hydrogen (secondary N) is 1. The van der Waals surface area contributed by atoms with Gasteiger partial charge in [-0.2, -0.15) is 0 Å². The van der Waals surface area contributed by atoms with Gasteiger partial charge in [0, 0.05) is 19.6 Å². The molecular weight excluding hydrogens is 124 g/mol. The molecule has 2 aliphatic rings. The average Bonchev–Trinajstić information content (AvgIpc) is 2.27. The first-order valence-corrected chi connectivity index (χ1v) is 3.65. The topological polar surface area (TPSA) is 15.3 Å². The molecule has 0 amide bonds. The molecule has 1 N–H and O–H groups in total. The fourth-order valence-corrected chi connectivity index (χ4v) is 1.57. The van der Waals surface area contributed by atoms with Crippen LogP contribution in [0.25, 0.3) is 0 Å². The van der Waals surface area contributed by atoms with Crippen LogP contribution in [0.15, 0.2) is 23.4 Å². The van der Waals surface area contributed by atoms with Crippen LogP contribution < -0.4 is 5.32 Å². The van der Waals surface area contributed by atoms with Crippen LogP contribution in [0.2, 0.25) is 0 Å². The Kier molecular flexibility index (Phi) is 1.27. The highest BCUT2D eigenvalue weighted by Crippen LogP contribution is 2.18. The number of rotatable bonds is 0. The molecule has 0 aliphatic carbocycles. The quantitative estimate of drug-likeness (QED) is 0.517. The van der Waals surface area contributed by atoms with Crippen LogP contribution in [0, 0.1) is 0 Å². The minimum absolute atomic E-state index is 1.05. The van der Waals surface area contributed by atoms with Crippen molar-refractivity contribution in [1.82, 2.24) is 10.2 Å². The highest BCUT2D eigenvalue weighted by Gasteiger charge is 2.17. The Morgan fingerprint density at radius 3 is 3.20 bits per heavy atom. The largest absolute Gasteiger partial charge is 0.387 e. The van der Waals surface area contributed by atoms with E-state index in [9.17, 15) is 0 Å². The molecule has 0 unspecified atom stereocenters. The van der Waals surface area contributed by atoms with E-state index in [0.717, 1.165) is 19.6 Å². The zero-order valence-corrected chi connectivity index (χ0v) is 6.22. The molecule has 2 heterocycles. The summed E-state index contributed by atoms with van der Waals surface area (Å²) in [6, 6.07) is 0. The van der Waals surface area contributed by atoms with E-state index in [4.69, 9.17) is 0 Å². The van der Waals surface area contributed by atoms with Crippen LogP contribution in [0.1, 0.15) is 0 Å². The number of hydrogen-bond donors (Lipinski definition) is 1. The molecule has 0 aromatic heterocycles. The highest BCUT2D eigenvalue weighted by atomic mass is 15.1. The molecule has 0 spiro atoms. The predicted octanol–water partition coefficient (Wildman–Crippen LogP) is 0.345. The fraction of sp³-hybridized carbons (Fsp3) is 0.500. The second-order valence-electron chi connectivity index (χ2n) is 3.02. The molecule has 0 radical (unpaired) electrons. The molecule has 2 aliphatic heterocycles. The number of nitrogens with zero attached hydrogens (tertiary/aromatic N) is 1. The lowest BCUT2D eigenvalue weighted by molar-refractivity contribution is 0.425. The Labute approximate surface area is 61.2 Å². The molecule has 0 aromatic rings. The third kappa shape index (κ3) is 0.847. The van der Waals surface area contributed by atoms with E-state index < -0.39 is 0 Å². The smallest absolute Gasteiger partial charge is 0.0373 e. The van der Waals surface area contributed by atoms with Crippen LogP contribution in [0.4, 0.5) is 0 Å². The van der Waals surface area contributed by atoms with Crippen LogP contribution in [0.5, 0.6) is 0 Å². The molecule has 10 heavy (non-hydrogen) atoms. The number of dihydropyridines is 1. The summed E-state index contributed by atoms with van der Waals surface area (Å²) in [6.45, 7) is 3.33. The fourth-order valence-electron chi connectivity index (χ4n) is 1.57.